The number of benzene rings is 2. The summed E-state index contributed by atoms with van der Waals surface area (Å²) < 4.78 is 13.7. The van der Waals surface area contributed by atoms with E-state index in [0.29, 0.717) is 11.6 Å². The largest absolute Gasteiger partial charge is 0.322 e. The molecule has 6 heteroatoms. The number of carbonyl (C=O) groups is 1. The summed E-state index contributed by atoms with van der Waals surface area (Å²) in [6.07, 6.45) is 8.76. The highest BCUT2D eigenvalue weighted by Crippen LogP contribution is 2.62. The lowest BCUT2D eigenvalue weighted by atomic mass is 9.80. The van der Waals surface area contributed by atoms with Gasteiger partial charge in [0.15, 0.2) is 0 Å². The van der Waals surface area contributed by atoms with E-state index in [2.05, 4.69) is 22.4 Å². The molecule has 5 rings (SSSR count). The number of nitriles is 1. The number of likely N-dealkylation sites (tertiary alicyclic amines) is 1. The van der Waals surface area contributed by atoms with Crippen molar-refractivity contribution in [3.8, 4) is 6.07 Å². The molecule has 184 valence electrons. The fraction of sp³-hybridized carbons (Fsp3) is 0.517. The van der Waals surface area contributed by atoms with Crippen LogP contribution in [0.2, 0.25) is 0 Å². The molecule has 1 heterocycles. The highest BCUT2D eigenvalue weighted by molar-refractivity contribution is 5.89. The van der Waals surface area contributed by atoms with Gasteiger partial charge in [-0.25, -0.2) is 9.18 Å². The third-order valence-corrected chi connectivity index (χ3v) is 8.38. The van der Waals surface area contributed by atoms with Crippen LogP contribution in [0.25, 0.3) is 0 Å². The molecule has 1 aliphatic heterocycles. The van der Waals surface area contributed by atoms with Gasteiger partial charge in [-0.15, -0.1) is 0 Å². The lowest BCUT2D eigenvalue weighted by Crippen LogP contribution is -2.46. The SMILES string of the molecule is N#Cc1cccc([C@]23CC[C@@H](N(CCCCN4CCCC4)C(=O)Nc4cccc(F)c4)CC2C3)c1. The van der Waals surface area contributed by atoms with Crippen molar-refractivity contribution in [3.63, 3.8) is 0 Å². The normalized spacial score (nSPS) is 25.5. The predicted molar refractivity (Wildman–Crippen MR) is 136 cm³/mol. The van der Waals surface area contributed by atoms with E-state index in [1.807, 2.05) is 23.1 Å². The zero-order valence-electron chi connectivity index (χ0n) is 20.4. The van der Waals surface area contributed by atoms with Crippen molar-refractivity contribution in [1.29, 1.82) is 5.26 Å². The van der Waals surface area contributed by atoms with Gasteiger partial charge < -0.3 is 15.1 Å². The Kier molecular flexibility index (Phi) is 7.06. The molecule has 0 spiro atoms. The zero-order chi connectivity index (χ0) is 24.3. The molecule has 3 fully saturated rings. The minimum atomic E-state index is -0.347. The maximum absolute atomic E-state index is 13.7. The third kappa shape index (κ3) is 5.36. The van der Waals surface area contributed by atoms with Crippen molar-refractivity contribution in [3.05, 3.63) is 65.5 Å². The molecule has 3 atom stereocenters. The van der Waals surface area contributed by atoms with Gasteiger partial charge in [0.1, 0.15) is 5.82 Å². The summed E-state index contributed by atoms with van der Waals surface area (Å²) in [5.74, 6) is 0.198. The maximum Gasteiger partial charge on any atom is 0.322 e. The van der Waals surface area contributed by atoms with Crippen molar-refractivity contribution in [1.82, 2.24) is 9.80 Å². The Balaban J connectivity index is 1.24. The average molecular weight is 475 g/mol. The fourth-order valence-electron chi connectivity index (χ4n) is 6.38. The second-order valence-corrected chi connectivity index (χ2v) is 10.6. The molecular formula is C29H35FN4O. The van der Waals surface area contributed by atoms with Crippen LogP contribution >= 0.6 is 0 Å². The first-order chi connectivity index (χ1) is 17.1. The summed E-state index contributed by atoms with van der Waals surface area (Å²) in [4.78, 5) is 17.9. The first-order valence-corrected chi connectivity index (χ1v) is 13.1. The van der Waals surface area contributed by atoms with Gasteiger partial charge in [0, 0.05) is 18.3 Å². The number of unbranched alkanes of at least 4 members (excludes halogenated alkanes) is 1. The molecule has 2 aromatic rings. The number of amides is 2. The van der Waals surface area contributed by atoms with Crippen LogP contribution in [0.5, 0.6) is 0 Å². The van der Waals surface area contributed by atoms with E-state index >= 15 is 0 Å². The van der Waals surface area contributed by atoms with E-state index in [-0.39, 0.29) is 23.3 Å². The van der Waals surface area contributed by atoms with Gasteiger partial charge in [0.05, 0.1) is 11.6 Å². The molecule has 0 bridgehead atoms. The van der Waals surface area contributed by atoms with Crippen molar-refractivity contribution >= 4 is 11.7 Å². The molecule has 3 aliphatic rings. The smallest absolute Gasteiger partial charge is 0.322 e. The summed E-state index contributed by atoms with van der Waals surface area (Å²) in [7, 11) is 0. The number of hydrogen-bond donors (Lipinski definition) is 1. The van der Waals surface area contributed by atoms with Crippen LogP contribution in [0.15, 0.2) is 48.5 Å². The summed E-state index contributed by atoms with van der Waals surface area (Å²) in [5.41, 5.74) is 2.67. The first kappa shape index (κ1) is 23.8. The van der Waals surface area contributed by atoms with E-state index in [1.54, 1.807) is 12.1 Å². The standard InChI is InChI=1S/C29H35FN4O/c30-25-9-6-10-26(19-25)32-28(35)34(16-4-3-15-33-13-1-2-14-33)27-11-12-29(20-24(29)18-27)23-8-5-7-22(17-23)21-31/h5-10,17,19,24,27H,1-4,11-16,18,20H2,(H,32,35)/t24?,27-,29-/m1/s1. The third-order valence-electron chi connectivity index (χ3n) is 8.38. The Bertz CT molecular complexity index is 1090. The Hall–Kier alpha value is -2.91. The molecule has 2 saturated carbocycles. The molecule has 2 aliphatic carbocycles. The monoisotopic (exact) mass is 474 g/mol. The molecule has 2 aromatic carbocycles. The molecule has 1 unspecified atom stereocenters. The van der Waals surface area contributed by atoms with Crippen molar-refractivity contribution in [2.45, 2.75) is 62.8 Å². The minimum absolute atomic E-state index is 0.124. The average Bonchev–Trinajstić information content (AvgIpc) is 3.38. The van der Waals surface area contributed by atoms with Crippen LogP contribution in [-0.2, 0) is 5.41 Å². The Morgan fingerprint density at radius 3 is 2.77 bits per heavy atom. The minimum Gasteiger partial charge on any atom is -0.322 e. The number of carbonyl (C=O) groups excluding carboxylic acids is 1. The van der Waals surface area contributed by atoms with Crippen molar-refractivity contribution in [2.24, 2.45) is 5.92 Å². The fourth-order valence-corrected chi connectivity index (χ4v) is 6.38. The molecule has 0 radical (unpaired) electrons. The van der Waals surface area contributed by atoms with Gasteiger partial charge in [-0.1, -0.05) is 18.2 Å². The summed E-state index contributed by atoms with van der Waals surface area (Å²) in [5, 5.41) is 12.3. The van der Waals surface area contributed by atoms with E-state index in [0.717, 1.165) is 57.2 Å². The number of halogens is 1. The lowest BCUT2D eigenvalue weighted by Gasteiger charge is -2.37. The van der Waals surface area contributed by atoms with E-state index in [4.69, 9.17) is 0 Å². The summed E-state index contributed by atoms with van der Waals surface area (Å²) in [6, 6.07) is 16.5. The molecule has 1 N–H and O–H groups in total. The van der Waals surface area contributed by atoms with Gasteiger partial charge in [-0.05, 0) is 118 Å². The van der Waals surface area contributed by atoms with Crippen LogP contribution in [0, 0.1) is 23.1 Å². The quantitative estimate of drug-likeness (QED) is 0.483. The van der Waals surface area contributed by atoms with Gasteiger partial charge in [0.25, 0.3) is 0 Å². The second kappa shape index (κ2) is 10.4. The summed E-state index contributed by atoms with van der Waals surface area (Å²) in [6.45, 7) is 4.22. The van der Waals surface area contributed by atoms with Gasteiger partial charge in [-0.3, -0.25) is 0 Å². The number of nitrogens with zero attached hydrogens (tertiary/aromatic N) is 3. The van der Waals surface area contributed by atoms with Gasteiger partial charge in [-0.2, -0.15) is 5.26 Å². The van der Waals surface area contributed by atoms with Crippen LogP contribution in [0.1, 0.15) is 62.5 Å². The van der Waals surface area contributed by atoms with Crippen LogP contribution < -0.4 is 5.32 Å². The number of rotatable bonds is 8. The molecule has 1 saturated heterocycles. The Labute approximate surface area is 207 Å². The van der Waals surface area contributed by atoms with Crippen LogP contribution in [0.3, 0.4) is 0 Å². The Morgan fingerprint density at radius 2 is 2.00 bits per heavy atom. The number of nitrogens with one attached hydrogen (secondary N) is 1. The van der Waals surface area contributed by atoms with Crippen LogP contribution in [-0.4, -0.2) is 48.1 Å². The van der Waals surface area contributed by atoms with Crippen molar-refractivity contribution < 1.29 is 9.18 Å². The topological polar surface area (TPSA) is 59.4 Å². The maximum atomic E-state index is 13.7. The highest BCUT2D eigenvalue weighted by Gasteiger charge is 2.58. The second-order valence-electron chi connectivity index (χ2n) is 10.6. The molecule has 5 nitrogen and oxygen atoms in total. The lowest BCUT2D eigenvalue weighted by molar-refractivity contribution is 0.158. The van der Waals surface area contributed by atoms with Gasteiger partial charge in [0.2, 0.25) is 0 Å². The van der Waals surface area contributed by atoms with Crippen LogP contribution in [0.4, 0.5) is 14.9 Å². The van der Waals surface area contributed by atoms with E-state index < -0.39 is 0 Å². The molecule has 0 aromatic heterocycles. The number of urea groups is 1. The first-order valence-electron chi connectivity index (χ1n) is 13.1. The van der Waals surface area contributed by atoms with E-state index in [1.165, 1.54) is 43.6 Å². The van der Waals surface area contributed by atoms with E-state index in [9.17, 15) is 14.4 Å². The highest BCUT2D eigenvalue weighted by atomic mass is 19.1. The molecule has 2 amide bonds. The number of anilines is 1. The Morgan fingerprint density at radius 1 is 1.17 bits per heavy atom. The number of fused-ring (bicyclic) bond motifs is 1. The predicted octanol–water partition coefficient (Wildman–Crippen LogP) is 5.92. The number of hydrogen-bond acceptors (Lipinski definition) is 3. The zero-order valence-corrected chi connectivity index (χ0v) is 20.4. The van der Waals surface area contributed by atoms with Gasteiger partial charge >= 0.3 is 6.03 Å². The molecular weight excluding hydrogens is 439 g/mol. The molecule has 35 heavy (non-hydrogen) atoms. The van der Waals surface area contributed by atoms with Crippen molar-refractivity contribution in [2.75, 3.05) is 31.5 Å². The summed E-state index contributed by atoms with van der Waals surface area (Å²) >= 11 is 0.